The van der Waals surface area contributed by atoms with Gasteiger partial charge < -0.3 is 10.2 Å². The SMILES string of the molecule is Cn1nnc(CN2CCC(=O)NC3(CCCC3)C2=O)n1. The zero-order valence-electron chi connectivity index (χ0n) is 11.5. The Hall–Kier alpha value is -1.99. The summed E-state index contributed by atoms with van der Waals surface area (Å²) in [6, 6.07) is 0. The summed E-state index contributed by atoms with van der Waals surface area (Å²) in [4.78, 5) is 27.7. The van der Waals surface area contributed by atoms with Crippen LogP contribution in [-0.4, -0.2) is 49.0 Å². The first-order valence-corrected chi connectivity index (χ1v) is 6.92. The van der Waals surface area contributed by atoms with Gasteiger partial charge in [-0.15, -0.1) is 10.2 Å². The molecule has 2 aliphatic rings. The summed E-state index contributed by atoms with van der Waals surface area (Å²) >= 11 is 0. The van der Waals surface area contributed by atoms with Crippen LogP contribution in [-0.2, 0) is 23.2 Å². The molecular formula is C12H18N6O2. The van der Waals surface area contributed by atoms with Crippen molar-refractivity contribution < 1.29 is 9.59 Å². The first kappa shape index (κ1) is 13.0. The van der Waals surface area contributed by atoms with Gasteiger partial charge >= 0.3 is 0 Å². The van der Waals surface area contributed by atoms with Crippen LogP contribution in [0.2, 0.25) is 0 Å². The molecule has 1 saturated carbocycles. The Balaban J connectivity index is 1.82. The van der Waals surface area contributed by atoms with E-state index in [-0.39, 0.29) is 11.8 Å². The zero-order valence-corrected chi connectivity index (χ0v) is 11.5. The number of rotatable bonds is 2. The number of hydrogen-bond acceptors (Lipinski definition) is 5. The van der Waals surface area contributed by atoms with Gasteiger partial charge in [0, 0.05) is 13.0 Å². The van der Waals surface area contributed by atoms with E-state index in [1.54, 1.807) is 11.9 Å². The highest BCUT2D eigenvalue weighted by molar-refractivity contribution is 5.93. The predicted octanol–water partition coefficient (Wildman–Crippen LogP) is -0.629. The molecule has 1 aromatic rings. The fraction of sp³-hybridized carbons (Fsp3) is 0.750. The van der Waals surface area contributed by atoms with Gasteiger partial charge in [0.2, 0.25) is 11.8 Å². The maximum Gasteiger partial charge on any atom is 0.248 e. The molecule has 108 valence electrons. The number of nitrogens with one attached hydrogen (secondary N) is 1. The van der Waals surface area contributed by atoms with E-state index in [4.69, 9.17) is 0 Å². The van der Waals surface area contributed by atoms with Gasteiger partial charge in [0.05, 0.1) is 13.6 Å². The number of tetrazole rings is 1. The molecule has 20 heavy (non-hydrogen) atoms. The number of carbonyl (C=O) groups excluding carboxylic acids is 2. The van der Waals surface area contributed by atoms with Gasteiger partial charge in [-0.25, -0.2) is 0 Å². The number of aryl methyl sites for hydroxylation is 1. The molecule has 1 spiro atoms. The fourth-order valence-corrected chi connectivity index (χ4v) is 3.05. The van der Waals surface area contributed by atoms with Crippen molar-refractivity contribution in [2.24, 2.45) is 7.05 Å². The van der Waals surface area contributed by atoms with Gasteiger partial charge in [0.15, 0.2) is 5.82 Å². The fourth-order valence-electron chi connectivity index (χ4n) is 3.05. The normalized spacial score (nSPS) is 22.1. The molecule has 1 aliphatic carbocycles. The van der Waals surface area contributed by atoms with Gasteiger partial charge in [-0.05, 0) is 18.1 Å². The third-order valence-corrected chi connectivity index (χ3v) is 4.02. The molecule has 0 unspecified atom stereocenters. The maximum atomic E-state index is 12.8. The van der Waals surface area contributed by atoms with E-state index < -0.39 is 5.54 Å². The molecule has 1 saturated heterocycles. The second-order valence-electron chi connectivity index (χ2n) is 5.51. The Bertz CT molecular complexity index is 534. The largest absolute Gasteiger partial charge is 0.342 e. The summed E-state index contributed by atoms with van der Waals surface area (Å²) in [5, 5.41) is 14.7. The number of aromatic nitrogens is 4. The molecule has 0 aromatic carbocycles. The molecule has 2 heterocycles. The van der Waals surface area contributed by atoms with Gasteiger partial charge in [-0.3, -0.25) is 9.59 Å². The van der Waals surface area contributed by atoms with Crippen LogP contribution < -0.4 is 5.32 Å². The molecule has 0 radical (unpaired) electrons. The second-order valence-corrected chi connectivity index (χ2v) is 5.51. The molecule has 1 aromatic heterocycles. The molecular weight excluding hydrogens is 260 g/mol. The Morgan fingerprint density at radius 3 is 2.70 bits per heavy atom. The van der Waals surface area contributed by atoms with Crippen LogP contribution in [0.5, 0.6) is 0 Å². The van der Waals surface area contributed by atoms with E-state index in [2.05, 4.69) is 20.7 Å². The Morgan fingerprint density at radius 2 is 2.05 bits per heavy atom. The van der Waals surface area contributed by atoms with Crippen LogP contribution in [0.25, 0.3) is 0 Å². The molecule has 8 nitrogen and oxygen atoms in total. The number of amides is 2. The second kappa shape index (κ2) is 4.84. The van der Waals surface area contributed by atoms with Crippen LogP contribution in [0.4, 0.5) is 0 Å². The van der Waals surface area contributed by atoms with Crippen LogP contribution in [0.15, 0.2) is 0 Å². The third-order valence-electron chi connectivity index (χ3n) is 4.02. The van der Waals surface area contributed by atoms with Crippen LogP contribution >= 0.6 is 0 Å². The van der Waals surface area contributed by atoms with Crippen molar-refractivity contribution in [3.8, 4) is 0 Å². The molecule has 8 heteroatoms. The lowest BCUT2D eigenvalue weighted by atomic mass is 9.96. The van der Waals surface area contributed by atoms with Gasteiger partial charge in [-0.2, -0.15) is 4.80 Å². The number of nitrogens with zero attached hydrogens (tertiary/aromatic N) is 5. The van der Waals surface area contributed by atoms with Crippen molar-refractivity contribution in [2.45, 2.75) is 44.2 Å². The van der Waals surface area contributed by atoms with E-state index in [0.29, 0.717) is 25.3 Å². The molecule has 2 fully saturated rings. The van der Waals surface area contributed by atoms with Crippen molar-refractivity contribution in [3.05, 3.63) is 5.82 Å². The van der Waals surface area contributed by atoms with E-state index in [0.717, 1.165) is 25.7 Å². The van der Waals surface area contributed by atoms with Crippen LogP contribution in [0.3, 0.4) is 0 Å². The Kier molecular flexibility index (Phi) is 3.15. The average Bonchev–Trinajstić information content (AvgIpc) is 3.01. The minimum atomic E-state index is -0.699. The maximum absolute atomic E-state index is 12.8. The monoisotopic (exact) mass is 278 g/mol. The van der Waals surface area contributed by atoms with Gasteiger partial charge in [0.25, 0.3) is 0 Å². The molecule has 3 rings (SSSR count). The van der Waals surface area contributed by atoms with E-state index >= 15 is 0 Å². The summed E-state index contributed by atoms with van der Waals surface area (Å²) < 4.78 is 0. The first-order chi connectivity index (χ1) is 9.59. The zero-order chi connectivity index (χ0) is 14.2. The minimum Gasteiger partial charge on any atom is -0.342 e. The van der Waals surface area contributed by atoms with Gasteiger partial charge in [0.1, 0.15) is 5.54 Å². The summed E-state index contributed by atoms with van der Waals surface area (Å²) in [5.74, 6) is 0.450. The Labute approximate surface area is 116 Å². The summed E-state index contributed by atoms with van der Waals surface area (Å²) in [6.07, 6.45) is 3.73. The van der Waals surface area contributed by atoms with Crippen molar-refractivity contribution >= 4 is 11.8 Å². The lowest BCUT2D eigenvalue weighted by Crippen LogP contribution is -2.55. The van der Waals surface area contributed by atoms with E-state index in [1.807, 2.05) is 0 Å². The third kappa shape index (κ3) is 2.25. The number of carbonyl (C=O) groups is 2. The predicted molar refractivity (Wildman–Crippen MR) is 68.2 cm³/mol. The highest BCUT2D eigenvalue weighted by atomic mass is 16.2. The lowest BCUT2D eigenvalue weighted by molar-refractivity contribution is -0.139. The average molecular weight is 278 g/mol. The van der Waals surface area contributed by atoms with Crippen molar-refractivity contribution in [2.75, 3.05) is 6.54 Å². The molecule has 1 N–H and O–H groups in total. The summed E-state index contributed by atoms with van der Waals surface area (Å²) in [6.45, 7) is 0.716. The highest BCUT2D eigenvalue weighted by Gasteiger charge is 2.46. The minimum absolute atomic E-state index is 0.00620. The van der Waals surface area contributed by atoms with E-state index in [9.17, 15) is 9.59 Å². The van der Waals surface area contributed by atoms with Crippen LogP contribution in [0.1, 0.15) is 37.9 Å². The topological polar surface area (TPSA) is 93.0 Å². The molecule has 0 bridgehead atoms. The van der Waals surface area contributed by atoms with Crippen molar-refractivity contribution in [1.82, 2.24) is 30.4 Å². The summed E-state index contributed by atoms with van der Waals surface area (Å²) in [5.41, 5.74) is -0.699. The van der Waals surface area contributed by atoms with Crippen molar-refractivity contribution in [1.29, 1.82) is 0 Å². The highest BCUT2D eigenvalue weighted by Crippen LogP contribution is 2.33. The van der Waals surface area contributed by atoms with Crippen molar-refractivity contribution in [3.63, 3.8) is 0 Å². The smallest absolute Gasteiger partial charge is 0.248 e. The number of hydrogen-bond donors (Lipinski definition) is 1. The van der Waals surface area contributed by atoms with Crippen LogP contribution in [0, 0.1) is 0 Å². The molecule has 2 amide bonds. The molecule has 0 atom stereocenters. The quantitative estimate of drug-likeness (QED) is 0.777. The molecule has 1 aliphatic heterocycles. The first-order valence-electron chi connectivity index (χ1n) is 6.92. The lowest BCUT2D eigenvalue weighted by Gasteiger charge is -2.31. The van der Waals surface area contributed by atoms with Gasteiger partial charge in [-0.1, -0.05) is 12.8 Å². The Morgan fingerprint density at radius 1 is 1.30 bits per heavy atom. The summed E-state index contributed by atoms with van der Waals surface area (Å²) in [7, 11) is 1.68. The van der Waals surface area contributed by atoms with E-state index in [1.165, 1.54) is 4.80 Å². The standard InChI is InChI=1S/C12H18N6O2/c1-17-15-9(14-16-17)8-18-7-4-10(19)13-12(11(18)20)5-2-3-6-12/h2-8H2,1H3,(H,13,19).